The third kappa shape index (κ3) is 5.31. The summed E-state index contributed by atoms with van der Waals surface area (Å²) in [4.78, 5) is 15.9. The summed E-state index contributed by atoms with van der Waals surface area (Å²) in [6.07, 6.45) is 4.37. The maximum Gasteiger partial charge on any atom is 0.323 e. The molecule has 174 valence electrons. The van der Waals surface area contributed by atoms with Crippen molar-refractivity contribution in [3.63, 3.8) is 0 Å². The molecule has 0 bridgehead atoms. The zero-order chi connectivity index (χ0) is 22.7. The van der Waals surface area contributed by atoms with Crippen molar-refractivity contribution in [3.05, 3.63) is 46.2 Å². The number of thiophene rings is 1. The van der Waals surface area contributed by atoms with Crippen LogP contribution < -0.4 is 5.73 Å². The van der Waals surface area contributed by atoms with Gasteiger partial charge in [-0.1, -0.05) is 6.42 Å². The molecule has 2 saturated heterocycles. The zero-order valence-electron chi connectivity index (χ0n) is 17.9. The van der Waals surface area contributed by atoms with Crippen molar-refractivity contribution in [3.8, 4) is 0 Å². The van der Waals surface area contributed by atoms with E-state index in [9.17, 15) is 18.3 Å². The predicted molar refractivity (Wildman–Crippen MR) is 129 cm³/mol. The molecule has 1 aromatic heterocycles. The number of sulfonamides is 1. The summed E-state index contributed by atoms with van der Waals surface area (Å²) in [7, 11) is -3.90. The molecule has 0 amide bonds. The van der Waals surface area contributed by atoms with Crippen LogP contribution in [0, 0.1) is 0 Å². The van der Waals surface area contributed by atoms with Crippen molar-refractivity contribution >= 4 is 44.8 Å². The van der Waals surface area contributed by atoms with E-state index in [1.54, 1.807) is 11.3 Å². The van der Waals surface area contributed by atoms with Gasteiger partial charge in [-0.05, 0) is 73.6 Å². The lowest BCUT2D eigenvalue weighted by Crippen LogP contribution is -2.44. The molecule has 1 aromatic carbocycles. The lowest BCUT2D eigenvalue weighted by molar-refractivity contribution is -0.140. The molecular weight excluding hydrogens is 466 g/mol. The Morgan fingerprint density at radius 1 is 1.16 bits per heavy atom. The molecule has 2 fully saturated rings. The topological polar surface area (TPSA) is 104 Å². The number of aliphatic carboxylic acids is 1. The first-order chi connectivity index (χ1) is 15.3. The van der Waals surface area contributed by atoms with E-state index >= 15 is 0 Å². The summed E-state index contributed by atoms with van der Waals surface area (Å²) in [5.41, 5.74) is 7.30. The van der Waals surface area contributed by atoms with Crippen LogP contribution in [-0.4, -0.2) is 59.6 Å². The molecule has 3 heterocycles. The molecule has 10 heteroatoms. The average molecular weight is 496 g/mol. The number of rotatable bonds is 8. The van der Waals surface area contributed by atoms with E-state index in [0.717, 1.165) is 23.9 Å². The second kappa shape index (κ2) is 10.1. The van der Waals surface area contributed by atoms with Gasteiger partial charge in [-0.2, -0.15) is 16.1 Å². The van der Waals surface area contributed by atoms with Crippen LogP contribution in [0.15, 0.2) is 40.6 Å². The van der Waals surface area contributed by atoms with Crippen LogP contribution in [0.25, 0.3) is 0 Å². The monoisotopic (exact) mass is 495 g/mol. The van der Waals surface area contributed by atoms with Gasteiger partial charge in [0.2, 0.25) is 10.0 Å². The van der Waals surface area contributed by atoms with Gasteiger partial charge in [-0.15, -0.1) is 11.3 Å². The minimum absolute atomic E-state index is 0.0730. The maximum atomic E-state index is 13.1. The number of nitrogens with two attached hydrogens (primary N) is 1. The van der Waals surface area contributed by atoms with Crippen molar-refractivity contribution in [1.29, 1.82) is 0 Å². The number of carboxylic acids is 1. The highest BCUT2D eigenvalue weighted by atomic mass is 32.2. The lowest BCUT2D eigenvalue weighted by atomic mass is 10.1. The van der Waals surface area contributed by atoms with Crippen LogP contribution in [0.1, 0.15) is 36.1 Å². The Morgan fingerprint density at radius 2 is 1.88 bits per heavy atom. The van der Waals surface area contributed by atoms with Crippen LogP contribution in [0.4, 0.5) is 5.69 Å². The van der Waals surface area contributed by atoms with Crippen LogP contribution in [0.2, 0.25) is 0 Å². The number of hydrogen-bond donors (Lipinski definition) is 2. The molecular formula is C22H29N3O4S3. The van der Waals surface area contributed by atoms with Gasteiger partial charge in [0.1, 0.15) is 6.04 Å². The number of nitrogen functional groups attached to an aromatic ring is 1. The second-order valence-electron chi connectivity index (χ2n) is 8.36. The number of piperidine rings is 1. The van der Waals surface area contributed by atoms with Crippen molar-refractivity contribution in [2.75, 3.05) is 25.4 Å². The zero-order valence-corrected chi connectivity index (χ0v) is 20.3. The van der Waals surface area contributed by atoms with Gasteiger partial charge in [-0.25, -0.2) is 8.42 Å². The smallest absolute Gasteiger partial charge is 0.323 e. The molecule has 4 rings (SSSR count). The van der Waals surface area contributed by atoms with Crippen molar-refractivity contribution in [2.45, 2.75) is 54.2 Å². The summed E-state index contributed by atoms with van der Waals surface area (Å²) in [5.74, 6) is -0.420. The Balaban J connectivity index is 1.40. The van der Waals surface area contributed by atoms with E-state index in [-0.39, 0.29) is 16.7 Å². The Bertz CT molecular complexity index is 1030. The molecule has 32 heavy (non-hydrogen) atoms. The molecule has 1 unspecified atom stereocenters. The number of benzene rings is 1. The molecule has 7 nitrogen and oxygen atoms in total. The van der Waals surface area contributed by atoms with Crippen LogP contribution in [0.5, 0.6) is 0 Å². The summed E-state index contributed by atoms with van der Waals surface area (Å²) in [6, 6.07) is 7.03. The van der Waals surface area contributed by atoms with Gasteiger partial charge >= 0.3 is 5.97 Å². The van der Waals surface area contributed by atoms with Crippen LogP contribution in [-0.2, 0) is 27.1 Å². The molecule has 2 aromatic rings. The first-order valence-electron chi connectivity index (χ1n) is 10.8. The summed E-state index contributed by atoms with van der Waals surface area (Å²) < 4.78 is 27.3. The molecule has 2 aliphatic rings. The Hall–Kier alpha value is -1.59. The fourth-order valence-corrected chi connectivity index (χ4v) is 8.40. The maximum absolute atomic E-state index is 13.1. The number of thioether (sulfide) groups is 1. The van der Waals surface area contributed by atoms with Gasteiger partial charge in [0.25, 0.3) is 0 Å². The highest BCUT2D eigenvalue weighted by Crippen LogP contribution is 2.36. The number of anilines is 1. The first kappa shape index (κ1) is 23.6. The van der Waals surface area contributed by atoms with E-state index < -0.39 is 22.0 Å². The molecule has 0 saturated carbocycles. The summed E-state index contributed by atoms with van der Waals surface area (Å²) >= 11 is 3.28. The average Bonchev–Trinajstić information content (AvgIpc) is 3.40. The fraction of sp³-hybridized carbons (Fsp3) is 0.500. The fourth-order valence-electron chi connectivity index (χ4n) is 4.36. The number of likely N-dealkylation sites (tertiary alicyclic amines) is 1. The number of hydrogen-bond acceptors (Lipinski definition) is 7. The van der Waals surface area contributed by atoms with Gasteiger partial charge in [0, 0.05) is 34.7 Å². The molecule has 0 spiro atoms. The van der Waals surface area contributed by atoms with Crippen LogP contribution in [0.3, 0.4) is 0 Å². The molecule has 0 radical (unpaired) electrons. The quantitative estimate of drug-likeness (QED) is 0.541. The normalized spacial score (nSPS) is 22.9. The van der Waals surface area contributed by atoms with Crippen LogP contribution >= 0.6 is 23.1 Å². The molecule has 0 aliphatic carbocycles. The minimum atomic E-state index is -3.90. The van der Waals surface area contributed by atoms with E-state index in [2.05, 4.69) is 16.3 Å². The van der Waals surface area contributed by atoms with Gasteiger partial charge in [0.05, 0.1) is 4.90 Å². The minimum Gasteiger partial charge on any atom is -0.480 e. The Morgan fingerprint density at radius 3 is 2.56 bits per heavy atom. The predicted octanol–water partition coefficient (Wildman–Crippen LogP) is 3.47. The number of carbonyl (C=O) groups is 1. The third-order valence-electron chi connectivity index (χ3n) is 6.04. The van der Waals surface area contributed by atoms with Crippen molar-refractivity contribution < 1.29 is 18.3 Å². The number of carboxylic acid groups (broad SMARTS) is 1. The Labute approximate surface area is 197 Å². The van der Waals surface area contributed by atoms with Gasteiger partial charge in [-0.3, -0.25) is 9.69 Å². The largest absolute Gasteiger partial charge is 0.480 e. The summed E-state index contributed by atoms with van der Waals surface area (Å²) in [6.45, 7) is 3.49. The standard InChI is InChI=1S/C22H29N3O4S3/c23-17-4-6-19(7-5-17)32(28,29)25-11-8-20(21(25)22(26)27)31-15-16-12-18(30-14-16)13-24-9-2-1-3-10-24/h4-7,12,14,20-21H,1-3,8-11,13,15,23H2,(H,26,27)/t20?,21-/m0/s1. The highest BCUT2D eigenvalue weighted by molar-refractivity contribution is 7.99. The van der Waals surface area contributed by atoms with E-state index in [1.807, 2.05) is 0 Å². The van der Waals surface area contributed by atoms with Crippen molar-refractivity contribution in [1.82, 2.24) is 9.21 Å². The van der Waals surface area contributed by atoms with Gasteiger partial charge in [0.15, 0.2) is 0 Å². The van der Waals surface area contributed by atoms with E-state index in [1.165, 1.54) is 65.7 Å². The van der Waals surface area contributed by atoms with Crippen molar-refractivity contribution in [2.24, 2.45) is 0 Å². The SMILES string of the molecule is Nc1ccc(S(=O)(=O)N2CCC(SCc3csc(CN4CCCCC4)c3)[C@H]2C(=O)O)cc1. The molecule has 2 atom stereocenters. The number of nitrogens with zero attached hydrogens (tertiary/aromatic N) is 2. The summed E-state index contributed by atoms with van der Waals surface area (Å²) in [5, 5.41) is 11.7. The van der Waals surface area contributed by atoms with Gasteiger partial charge < -0.3 is 10.8 Å². The molecule has 3 N–H and O–H groups in total. The van der Waals surface area contributed by atoms with E-state index in [0.29, 0.717) is 17.9 Å². The highest BCUT2D eigenvalue weighted by Gasteiger charge is 2.46. The first-order valence-corrected chi connectivity index (χ1v) is 14.2. The second-order valence-corrected chi connectivity index (χ2v) is 12.5. The molecule has 2 aliphatic heterocycles. The van der Waals surface area contributed by atoms with E-state index in [4.69, 9.17) is 5.73 Å². The lowest BCUT2D eigenvalue weighted by Gasteiger charge is -2.25. The Kier molecular flexibility index (Phi) is 7.46. The third-order valence-corrected chi connectivity index (χ3v) is 10.3.